The third-order valence-electron chi connectivity index (χ3n) is 4.04. The number of hydrogen-bond acceptors (Lipinski definition) is 3. The first kappa shape index (κ1) is 18.5. The Bertz CT molecular complexity index is 920. The fourth-order valence-corrected chi connectivity index (χ4v) is 2.86. The fraction of sp³-hybridized carbons (Fsp3) is 0.0455. The number of hydrogen-bond donors (Lipinski definition) is 1. The second-order valence-electron chi connectivity index (χ2n) is 5.92. The van der Waals surface area contributed by atoms with Crippen molar-refractivity contribution in [2.24, 2.45) is 0 Å². The first-order valence-electron chi connectivity index (χ1n) is 8.43. The van der Waals surface area contributed by atoms with Crippen LogP contribution < -0.4 is 5.32 Å². The SMILES string of the molecule is Cc1ccccc1NC(=S)N(C(=O)c1ccccc1)C(=O)c1ccccc1. The summed E-state index contributed by atoms with van der Waals surface area (Å²) in [5, 5.41) is 3.06. The Labute approximate surface area is 163 Å². The number of para-hydroxylation sites is 1. The Morgan fingerprint density at radius 1 is 0.741 bits per heavy atom. The van der Waals surface area contributed by atoms with Gasteiger partial charge in [0.2, 0.25) is 0 Å². The van der Waals surface area contributed by atoms with Crippen molar-refractivity contribution >= 4 is 34.8 Å². The number of benzene rings is 3. The molecular weight excluding hydrogens is 356 g/mol. The van der Waals surface area contributed by atoms with Crippen LogP contribution in [0.15, 0.2) is 84.9 Å². The zero-order valence-corrected chi connectivity index (χ0v) is 15.6. The van der Waals surface area contributed by atoms with Crippen LogP contribution in [-0.2, 0) is 0 Å². The minimum absolute atomic E-state index is 0.0343. The van der Waals surface area contributed by atoms with Crippen molar-refractivity contribution in [3.63, 3.8) is 0 Å². The number of thiocarbonyl (C=S) groups is 1. The molecule has 0 aliphatic rings. The van der Waals surface area contributed by atoms with E-state index < -0.39 is 11.8 Å². The van der Waals surface area contributed by atoms with Crippen LogP contribution in [0.4, 0.5) is 5.69 Å². The average Bonchev–Trinajstić information content (AvgIpc) is 2.71. The van der Waals surface area contributed by atoms with Crippen LogP contribution in [0, 0.1) is 6.92 Å². The molecular formula is C22H18N2O2S. The lowest BCUT2D eigenvalue weighted by Gasteiger charge is -2.23. The quantitative estimate of drug-likeness (QED) is 0.534. The first-order valence-corrected chi connectivity index (χ1v) is 8.84. The molecule has 0 fully saturated rings. The molecule has 0 aliphatic carbocycles. The molecule has 0 spiro atoms. The van der Waals surface area contributed by atoms with Gasteiger partial charge in [-0.25, -0.2) is 4.90 Å². The van der Waals surface area contributed by atoms with Crippen LogP contribution in [0.5, 0.6) is 0 Å². The Morgan fingerprint density at radius 3 is 1.67 bits per heavy atom. The van der Waals surface area contributed by atoms with Crippen LogP contribution in [0.3, 0.4) is 0 Å². The molecule has 0 heterocycles. The molecule has 134 valence electrons. The highest BCUT2D eigenvalue weighted by Gasteiger charge is 2.28. The van der Waals surface area contributed by atoms with Gasteiger partial charge in [-0.15, -0.1) is 0 Å². The molecule has 0 saturated carbocycles. The van der Waals surface area contributed by atoms with E-state index in [1.165, 1.54) is 0 Å². The number of aryl methyl sites for hydroxylation is 1. The van der Waals surface area contributed by atoms with E-state index in [0.717, 1.165) is 16.2 Å². The van der Waals surface area contributed by atoms with Crippen molar-refractivity contribution in [3.8, 4) is 0 Å². The lowest BCUT2D eigenvalue weighted by atomic mass is 10.1. The third kappa shape index (κ3) is 4.27. The number of rotatable bonds is 3. The average molecular weight is 374 g/mol. The summed E-state index contributed by atoms with van der Waals surface area (Å²) in [5.74, 6) is -0.953. The Hall–Kier alpha value is -3.31. The van der Waals surface area contributed by atoms with Gasteiger partial charge in [0.25, 0.3) is 11.8 Å². The van der Waals surface area contributed by atoms with Gasteiger partial charge in [-0.1, -0.05) is 54.6 Å². The molecule has 27 heavy (non-hydrogen) atoms. The second kappa shape index (κ2) is 8.38. The number of anilines is 1. The molecule has 3 aromatic rings. The molecule has 0 saturated heterocycles. The van der Waals surface area contributed by atoms with Crippen LogP contribution in [0.2, 0.25) is 0 Å². The Morgan fingerprint density at radius 2 is 1.19 bits per heavy atom. The third-order valence-corrected chi connectivity index (χ3v) is 4.32. The number of amides is 2. The summed E-state index contributed by atoms with van der Waals surface area (Å²) in [7, 11) is 0. The van der Waals surface area contributed by atoms with Crippen molar-refractivity contribution in [1.82, 2.24) is 4.90 Å². The van der Waals surface area contributed by atoms with Crippen LogP contribution in [0.25, 0.3) is 0 Å². The highest BCUT2D eigenvalue weighted by molar-refractivity contribution is 7.80. The molecule has 0 bridgehead atoms. The van der Waals surface area contributed by atoms with Gasteiger partial charge in [-0.05, 0) is 55.0 Å². The minimum atomic E-state index is -0.476. The standard InChI is InChI=1S/C22H18N2O2S/c1-16-10-8-9-15-19(16)23-22(27)24(20(25)17-11-4-2-5-12-17)21(26)18-13-6-3-7-14-18/h2-15H,1H3,(H,23,27). The van der Waals surface area contributed by atoms with E-state index in [1.54, 1.807) is 48.5 Å². The molecule has 0 atom stereocenters. The highest BCUT2D eigenvalue weighted by atomic mass is 32.1. The summed E-state index contributed by atoms with van der Waals surface area (Å²) >= 11 is 5.44. The number of imide groups is 1. The summed E-state index contributed by atoms with van der Waals surface area (Å²) in [4.78, 5) is 27.1. The highest BCUT2D eigenvalue weighted by Crippen LogP contribution is 2.17. The van der Waals surface area contributed by atoms with Gasteiger partial charge in [0.15, 0.2) is 5.11 Å². The zero-order chi connectivity index (χ0) is 19.2. The van der Waals surface area contributed by atoms with Crippen molar-refractivity contribution in [3.05, 3.63) is 102 Å². The van der Waals surface area contributed by atoms with Gasteiger partial charge in [0, 0.05) is 16.8 Å². The van der Waals surface area contributed by atoms with E-state index in [1.807, 2.05) is 43.3 Å². The molecule has 0 unspecified atom stereocenters. The normalized spacial score (nSPS) is 10.1. The Kier molecular flexibility index (Phi) is 5.74. The second-order valence-corrected chi connectivity index (χ2v) is 6.31. The van der Waals surface area contributed by atoms with E-state index in [4.69, 9.17) is 12.2 Å². The van der Waals surface area contributed by atoms with Crippen molar-refractivity contribution in [1.29, 1.82) is 0 Å². The lowest BCUT2D eigenvalue weighted by molar-refractivity contribution is 0.0716. The molecule has 0 radical (unpaired) electrons. The van der Waals surface area contributed by atoms with E-state index in [9.17, 15) is 9.59 Å². The van der Waals surface area contributed by atoms with Gasteiger partial charge in [0.05, 0.1) is 0 Å². The minimum Gasteiger partial charge on any atom is -0.332 e. The maximum Gasteiger partial charge on any atom is 0.267 e. The maximum absolute atomic E-state index is 13.1. The molecule has 2 amide bonds. The first-order chi connectivity index (χ1) is 13.1. The monoisotopic (exact) mass is 374 g/mol. The number of nitrogens with zero attached hydrogens (tertiary/aromatic N) is 1. The van der Waals surface area contributed by atoms with Crippen molar-refractivity contribution in [2.45, 2.75) is 6.92 Å². The zero-order valence-electron chi connectivity index (χ0n) is 14.8. The summed E-state index contributed by atoms with van der Waals surface area (Å²) in [6.45, 7) is 1.92. The van der Waals surface area contributed by atoms with Crippen molar-refractivity contribution in [2.75, 3.05) is 5.32 Å². The number of nitrogens with one attached hydrogen (secondary N) is 1. The largest absolute Gasteiger partial charge is 0.332 e. The van der Waals surface area contributed by atoms with Crippen LogP contribution in [-0.4, -0.2) is 21.8 Å². The van der Waals surface area contributed by atoms with Gasteiger partial charge in [-0.2, -0.15) is 0 Å². The van der Waals surface area contributed by atoms with Crippen LogP contribution >= 0.6 is 12.2 Å². The predicted octanol–water partition coefficient (Wildman–Crippen LogP) is 4.67. The van der Waals surface area contributed by atoms with Crippen molar-refractivity contribution < 1.29 is 9.59 Å². The van der Waals surface area contributed by atoms with Crippen LogP contribution in [0.1, 0.15) is 26.3 Å². The summed E-state index contributed by atoms with van der Waals surface area (Å²) in [6.07, 6.45) is 0. The van der Waals surface area contributed by atoms with E-state index >= 15 is 0 Å². The Balaban J connectivity index is 1.96. The predicted molar refractivity (Wildman–Crippen MR) is 111 cm³/mol. The van der Waals surface area contributed by atoms with E-state index in [2.05, 4.69) is 5.32 Å². The maximum atomic E-state index is 13.1. The lowest BCUT2D eigenvalue weighted by Crippen LogP contribution is -2.44. The van der Waals surface area contributed by atoms with Gasteiger partial charge >= 0.3 is 0 Å². The molecule has 3 rings (SSSR count). The summed E-state index contributed by atoms with van der Waals surface area (Å²) < 4.78 is 0. The van der Waals surface area contributed by atoms with E-state index in [0.29, 0.717) is 11.1 Å². The smallest absolute Gasteiger partial charge is 0.267 e. The topological polar surface area (TPSA) is 49.4 Å². The fourth-order valence-electron chi connectivity index (χ4n) is 2.58. The molecule has 5 heteroatoms. The number of carbonyl (C=O) groups is 2. The van der Waals surface area contributed by atoms with E-state index in [-0.39, 0.29) is 5.11 Å². The molecule has 4 nitrogen and oxygen atoms in total. The van der Waals surface area contributed by atoms with Gasteiger partial charge in [0.1, 0.15) is 0 Å². The summed E-state index contributed by atoms with van der Waals surface area (Å²) in [6, 6.07) is 24.8. The molecule has 1 N–H and O–H groups in total. The molecule has 0 aliphatic heterocycles. The van der Waals surface area contributed by atoms with Gasteiger partial charge < -0.3 is 5.32 Å². The molecule has 3 aromatic carbocycles. The summed E-state index contributed by atoms with van der Waals surface area (Å²) in [5.41, 5.74) is 2.47. The van der Waals surface area contributed by atoms with Gasteiger partial charge in [-0.3, -0.25) is 9.59 Å². The number of carbonyl (C=O) groups excluding carboxylic acids is 2. The molecule has 0 aromatic heterocycles.